The van der Waals surface area contributed by atoms with Gasteiger partial charge >= 0.3 is 12.1 Å². The van der Waals surface area contributed by atoms with Crippen LogP contribution in [0.2, 0.25) is 0 Å². The van der Waals surface area contributed by atoms with Crippen molar-refractivity contribution in [1.29, 1.82) is 0 Å². The second-order valence-electron chi connectivity index (χ2n) is 21.0. The summed E-state index contributed by atoms with van der Waals surface area (Å²) in [6.07, 6.45) is 24.8. The quantitative estimate of drug-likeness (QED) is 0.185. The van der Waals surface area contributed by atoms with Crippen LogP contribution in [0.1, 0.15) is 198 Å². The van der Waals surface area contributed by atoms with Gasteiger partial charge in [-0.1, -0.05) is 75.2 Å². The summed E-state index contributed by atoms with van der Waals surface area (Å²) in [5, 5.41) is 9.17. The van der Waals surface area contributed by atoms with E-state index in [-0.39, 0.29) is 24.1 Å². The molecule has 0 aromatic heterocycles. The number of amides is 4. The summed E-state index contributed by atoms with van der Waals surface area (Å²) in [5.41, 5.74) is 0. The van der Waals surface area contributed by atoms with Crippen molar-refractivity contribution in [2.45, 2.75) is 222 Å². The number of nitrogens with one attached hydrogen (secondary N) is 4. The monoisotopic (exact) mass is 838 g/mol. The number of hydrogen-bond acceptors (Lipinski definition) is 4. The van der Waals surface area contributed by atoms with E-state index < -0.39 is 10.0 Å². The summed E-state index contributed by atoms with van der Waals surface area (Å²) in [5.74, 6) is 7.79. The van der Waals surface area contributed by atoms with Crippen LogP contribution in [-0.2, 0) is 10.0 Å². The van der Waals surface area contributed by atoms with Crippen molar-refractivity contribution >= 4 is 22.1 Å². The molecule has 58 heavy (non-hydrogen) atoms. The summed E-state index contributed by atoms with van der Waals surface area (Å²) in [6.45, 7) is 26.7. The smallest absolute Gasteiger partial charge is 0.317 e. The summed E-state index contributed by atoms with van der Waals surface area (Å²) in [4.78, 5) is 25.6. The minimum absolute atomic E-state index is 0.0111. The normalized spacial score (nSPS) is 29.4. The maximum Gasteiger partial charge on any atom is 0.317 e. The van der Waals surface area contributed by atoms with Crippen LogP contribution >= 0.6 is 0 Å². The van der Waals surface area contributed by atoms with Crippen molar-refractivity contribution in [2.24, 2.45) is 53.3 Å². The molecular formula is C48H95N5O4S. The number of carbonyl (C=O) groups excluding carboxylic acids is 2. The number of hydrogen-bond donors (Lipinski definition) is 4. The van der Waals surface area contributed by atoms with Gasteiger partial charge in [0.05, 0.1) is 6.26 Å². The zero-order valence-electron chi connectivity index (χ0n) is 39.8. The van der Waals surface area contributed by atoms with Crippen LogP contribution in [0.5, 0.6) is 0 Å². The number of carbonyl (C=O) groups is 2. The highest BCUT2D eigenvalue weighted by Gasteiger charge is 2.28. The van der Waals surface area contributed by atoms with Gasteiger partial charge in [-0.05, 0) is 176 Å². The van der Waals surface area contributed by atoms with E-state index in [9.17, 15) is 18.0 Å². The van der Waals surface area contributed by atoms with E-state index in [2.05, 4.69) is 83.0 Å². The van der Waals surface area contributed by atoms with Crippen molar-refractivity contribution in [3.8, 4) is 0 Å². The summed E-state index contributed by atoms with van der Waals surface area (Å²) < 4.78 is 24.7. The lowest BCUT2D eigenvalue weighted by Crippen LogP contribution is -2.47. The molecule has 1 aliphatic heterocycles. The van der Waals surface area contributed by atoms with Crippen molar-refractivity contribution in [1.82, 2.24) is 25.6 Å². The molecule has 0 atom stereocenters. The lowest BCUT2D eigenvalue weighted by atomic mass is 9.78. The lowest BCUT2D eigenvalue weighted by Gasteiger charge is -2.34. The Kier molecular flexibility index (Phi) is 24.8. The Hall–Kier alpha value is -1.55. The summed E-state index contributed by atoms with van der Waals surface area (Å²) in [6, 6.07) is 1.38. The number of likely N-dealkylation sites (tertiary alicyclic amines) is 1. The van der Waals surface area contributed by atoms with Crippen LogP contribution < -0.4 is 20.7 Å². The number of piperidine rings is 1. The maximum absolute atomic E-state index is 12.1. The van der Waals surface area contributed by atoms with Crippen molar-refractivity contribution in [2.75, 3.05) is 19.3 Å². The van der Waals surface area contributed by atoms with Crippen LogP contribution in [0.3, 0.4) is 0 Å². The van der Waals surface area contributed by atoms with Crippen LogP contribution in [0.15, 0.2) is 0 Å². The summed E-state index contributed by atoms with van der Waals surface area (Å²) >= 11 is 0. The molecule has 0 aromatic carbocycles. The van der Waals surface area contributed by atoms with Crippen molar-refractivity contribution in [3.05, 3.63) is 0 Å². The Bertz CT molecular complexity index is 1200. The molecular weight excluding hydrogens is 743 g/mol. The molecule has 0 bridgehead atoms. The van der Waals surface area contributed by atoms with Crippen LogP contribution in [0, 0.1) is 53.3 Å². The fourth-order valence-corrected chi connectivity index (χ4v) is 10.7. The van der Waals surface area contributed by atoms with E-state index in [1.54, 1.807) is 0 Å². The van der Waals surface area contributed by atoms with Crippen molar-refractivity contribution < 1.29 is 18.0 Å². The topological polar surface area (TPSA) is 120 Å². The average Bonchev–Trinajstić information content (AvgIpc) is 3.16. The molecule has 5 rings (SSSR count). The summed E-state index contributed by atoms with van der Waals surface area (Å²) in [7, 11) is -3.01. The molecule has 1 heterocycles. The fourth-order valence-electron chi connectivity index (χ4n) is 9.87. The third kappa shape index (κ3) is 22.3. The minimum atomic E-state index is -3.01. The van der Waals surface area contributed by atoms with E-state index >= 15 is 0 Å². The van der Waals surface area contributed by atoms with Gasteiger partial charge in [0.2, 0.25) is 10.0 Å². The minimum Gasteiger partial charge on any atom is -0.336 e. The zero-order chi connectivity index (χ0) is 43.4. The highest BCUT2D eigenvalue weighted by Crippen LogP contribution is 2.33. The van der Waals surface area contributed by atoms with Gasteiger partial charge in [0.25, 0.3) is 0 Å². The van der Waals surface area contributed by atoms with Gasteiger partial charge in [0.1, 0.15) is 0 Å². The zero-order valence-corrected chi connectivity index (χ0v) is 40.7. The van der Waals surface area contributed by atoms with Gasteiger partial charge in [-0.3, -0.25) is 0 Å². The molecule has 9 nitrogen and oxygen atoms in total. The van der Waals surface area contributed by atoms with Crippen LogP contribution in [-0.4, -0.2) is 68.9 Å². The number of rotatable bonds is 9. The average molecular weight is 838 g/mol. The largest absolute Gasteiger partial charge is 0.336 e. The Balaban J connectivity index is 0.000000272. The van der Waals surface area contributed by atoms with Crippen molar-refractivity contribution in [3.63, 3.8) is 0 Å². The van der Waals surface area contributed by atoms with Gasteiger partial charge in [0, 0.05) is 37.3 Å². The third-order valence-corrected chi connectivity index (χ3v) is 15.0. The molecule has 10 heteroatoms. The second-order valence-corrected chi connectivity index (χ2v) is 22.8. The molecule has 0 radical (unpaired) electrons. The molecule has 342 valence electrons. The first-order chi connectivity index (χ1) is 27.2. The Morgan fingerprint density at radius 1 is 0.500 bits per heavy atom. The standard InChI is InChI=1S/C15H28N2O.C13H26N2O.C10H21NO2S.C10H20/c1-12(2)13-6-8-14(9-7-13)16-15(18)17-10-4-3-5-11-17;1-9(2)11-5-7-12(8-6-11)15-13(16)14-10(3)4;1-8(2)9-4-6-10(7-5-9)11-14(3,12)13;1-8(2)10-6-4-9(3)5-7-10/h12-14H,3-11H2,1-2H3,(H,16,18);9-12H,5-8H2,1-4H3,(H2,14,15,16);8-11H,4-7H2,1-3H3;8-10H,4-7H2,1-3H3. The molecule has 4 saturated carbocycles. The Labute approximate surface area is 359 Å². The van der Waals surface area contributed by atoms with Gasteiger partial charge in [-0.15, -0.1) is 0 Å². The van der Waals surface area contributed by atoms with Crippen LogP contribution in [0.4, 0.5) is 9.59 Å². The first kappa shape index (κ1) is 52.6. The molecule has 0 spiro atoms. The molecule has 4 amide bonds. The van der Waals surface area contributed by atoms with E-state index in [0.29, 0.717) is 12.1 Å². The lowest BCUT2D eigenvalue weighted by molar-refractivity contribution is 0.172. The highest BCUT2D eigenvalue weighted by molar-refractivity contribution is 7.88. The molecule has 0 unspecified atom stereocenters. The number of sulfonamides is 1. The molecule has 4 aliphatic carbocycles. The van der Waals surface area contributed by atoms with Gasteiger partial charge < -0.3 is 20.9 Å². The van der Waals surface area contributed by atoms with E-state index in [0.717, 1.165) is 105 Å². The predicted molar refractivity (Wildman–Crippen MR) is 246 cm³/mol. The molecule has 5 aliphatic rings. The first-order valence-electron chi connectivity index (χ1n) is 24.3. The Morgan fingerprint density at radius 2 is 0.845 bits per heavy atom. The number of urea groups is 2. The SMILES string of the molecule is CC(C)C1CCC(NC(=O)N2CCCCC2)CC1.CC(C)C1CCC(NS(C)(=O)=O)CC1.CC(C)NC(=O)NC1CCC(C(C)C)CC1.CC1CCC(C(C)C)CC1. The molecule has 4 N–H and O–H groups in total. The number of nitrogens with zero attached hydrogens (tertiary/aromatic N) is 1. The molecule has 5 fully saturated rings. The van der Waals surface area contributed by atoms with Crippen LogP contribution in [0.25, 0.3) is 0 Å². The van der Waals surface area contributed by atoms with Gasteiger partial charge in [-0.25, -0.2) is 22.7 Å². The fraction of sp³-hybridized carbons (Fsp3) is 0.958. The van der Waals surface area contributed by atoms with E-state index in [4.69, 9.17) is 0 Å². The second kappa shape index (κ2) is 27.4. The highest BCUT2D eigenvalue weighted by atomic mass is 32.2. The third-order valence-electron chi connectivity index (χ3n) is 14.3. The maximum atomic E-state index is 12.1. The van der Waals surface area contributed by atoms with E-state index in [1.807, 2.05) is 18.7 Å². The first-order valence-corrected chi connectivity index (χ1v) is 26.2. The Morgan fingerprint density at radius 3 is 1.19 bits per heavy atom. The van der Waals surface area contributed by atoms with Gasteiger partial charge in [0.15, 0.2) is 0 Å². The predicted octanol–water partition coefficient (Wildman–Crippen LogP) is 11.5. The van der Waals surface area contributed by atoms with Gasteiger partial charge in [-0.2, -0.15) is 0 Å². The molecule has 1 saturated heterocycles. The molecule has 0 aromatic rings. The van der Waals surface area contributed by atoms with E-state index in [1.165, 1.54) is 89.7 Å².